The maximum atomic E-state index is 6.03. The lowest BCUT2D eigenvalue weighted by atomic mass is 9.70. The molecule has 0 atom stereocenters. The summed E-state index contributed by atoms with van der Waals surface area (Å²) >= 11 is 0. The molecule has 2 fully saturated rings. The molecule has 2 rings (SSSR count). The molecule has 0 aliphatic heterocycles. The average molecular weight is 309 g/mol. The highest BCUT2D eigenvalue weighted by Gasteiger charge is 2.30. The zero-order chi connectivity index (χ0) is 15.6. The van der Waals surface area contributed by atoms with E-state index in [4.69, 9.17) is 4.74 Å². The number of hydrogen-bond donors (Lipinski definition) is 0. The molecule has 1 heteroatoms. The zero-order valence-corrected chi connectivity index (χ0v) is 15.3. The van der Waals surface area contributed by atoms with E-state index in [-0.39, 0.29) is 0 Å². The molecule has 0 aromatic rings. The van der Waals surface area contributed by atoms with E-state index in [1.807, 2.05) is 0 Å². The zero-order valence-electron chi connectivity index (χ0n) is 15.3. The average Bonchev–Trinajstić information content (AvgIpc) is 2.57. The van der Waals surface area contributed by atoms with Gasteiger partial charge < -0.3 is 4.74 Å². The largest absolute Gasteiger partial charge is 0.378 e. The van der Waals surface area contributed by atoms with Crippen molar-refractivity contribution in [1.82, 2.24) is 0 Å². The van der Waals surface area contributed by atoms with Gasteiger partial charge in [0.25, 0.3) is 0 Å². The number of hydrogen-bond acceptors (Lipinski definition) is 1. The molecule has 0 heterocycles. The maximum absolute atomic E-state index is 6.03. The lowest BCUT2D eigenvalue weighted by Crippen LogP contribution is -2.28. The van der Waals surface area contributed by atoms with Crippen molar-refractivity contribution in [2.75, 3.05) is 6.61 Å². The van der Waals surface area contributed by atoms with Crippen molar-refractivity contribution in [1.29, 1.82) is 0 Å². The van der Waals surface area contributed by atoms with Crippen molar-refractivity contribution in [2.24, 2.45) is 17.8 Å². The predicted molar refractivity (Wildman–Crippen MR) is 96.2 cm³/mol. The molecule has 0 aromatic heterocycles. The molecule has 22 heavy (non-hydrogen) atoms. The first-order chi connectivity index (χ1) is 10.8. The van der Waals surface area contributed by atoms with Crippen LogP contribution in [0.3, 0.4) is 0 Å². The maximum Gasteiger partial charge on any atom is 0.0575 e. The molecular weight excluding hydrogens is 268 g/mol. The van der Waals surface area contributed by atoms with Gasteiger partial charge in [-0.15, -0.1) is 0 Å². The summed E-state index contributed by atoms with van der Waals surface area (Å²) in [5, 5.41) is 0. The molecule has 1 nitrogen and oxygen atoms in total. The first-order valence-corrected chi connectivity index (χ1v) is 10.4. The first-order valence-electron chi connectivity index (χ1n) is 10.4. The summed E-state index contributed by atoms with van der Waals surface area (Å²) in [6.07, 6.45) is 20.6. The number of rotatable bonds is 9. The van der Waals surface area contributed by atoms with Crippen molar-refractivity contribution in [3.63, 3.8) is 0 Å². The van der Waals surface area contributed by atoms with E-state index in [1.54, 1.807) is 0 Å². The lowest BCUT2D eigenvalue weighted by Gasteiger charge is -2.38. The summed E-state index contributed by atoms with van der Waals surface area (Å²) in [6, 6.07) is 0. The van der Waals surface area contributed by atoms with E-state index in [0.29, 0.717) is 6.10 Å². The van der Waals surface area contributed by atoms with Crippen molar-refractivity contribution >= 4 is 0 Å². The minimum atomic E-state index is 0.591. The van der Waals surface area contributed by atoms with Gasteiger partial charge in [-0.2, -0.15) is 0 Å². The second-order valence-corrected chi connectivity index (χ2v) is 8.04. The van der Waals surface area contributed by atoms with Gasteiger partial charge >= 0.3 is 0 Å². The Morgan fingerprint density at radius 1 is 0.682 bits per heavy atom. The van der Waals surface area contributed by atoms with Crippen LogP contribution in [0.5, 0.6) is 0 Å². The molecule has 0 amide bonds. The van der Waals surface area contributed by atoms with Gasteiger partial charge in [-0.25, -0.2) is 0 Å². The molecule has 0 aromatic carbocycles. The summed E-state index contributed by atoms with van der Waals surface area (Å²) in [5.41, 5.74) is 0. The lowest BCUT2D eigenvalue weighted by molar-refractivity contribution is 0.00576. The van der Waals surface area contributed by atoms with Gasteiger partial charge in [-0.05, 0) is 62.7 Å². The second-order valence-electron chi connectivity index (χ2n) is 8.04. The first kappa shape index (κ1) is 18.3. The fourth-order valence-corrected chi connectivity index (χ4v) is 4.75. The Hall–Kier alpha value is -0.0400. The summed E-state index contributed by atoms with van der Waals surface area (Å²) < 4.78 is 6.03. The Balaban J connectivity index is 1.58. The van der Waals surface area contributed by atoms with Gasteiger partial charge in [0.05, 0.1) is 6.10 Å². The third-order valence-corrected chi connectivity index (χ3v) is 6.34. The molecule has 0 bridgehead atoms. The molecule has 2 aliphatic rings. The van der Waals surface area contributed by atoms with Crippen LogP contribution in [0.2, 0.25) is 0 Å². The van der Waals surface area contributed by atoms with Crippen molar-refractivity contribution in [3.05, 3.63) is 0 Å². The van der Waals surface area contributed by atoms with Crippen LogP contribution >= 0.6 is 0 Å². The minimum Gasteiger partial charge on any atom is -0.378 e. The summed E-state index contributed by atoms with van der Waals surface area (Å²) in [5.74, 6) is 3.15. The predicted octanol–water partition coefficient (Wildman–Crippen LogP) is 6.75. The normalized spacial score (nSPS) is 33.0. The molecule has 0 saturated heterocycles. The fourth-order valence-electron chi connectivity index (χ4n) is 4.75. The van der Waals surface area contributed by atoms with Crippen LogP contribution in [-0.2, 0) is 4.74 Å². The molecule has 2 saturated carbocycles. The second kappa shape index (κ2) is 10.7. The van der Waals surface area contributed by atoms with E-state index in [1.165, 1.54) is 89.9 Å². The van der Waals surface area contributed by atoms with Crippen molar-refractivity contribution in [2.45, 2.75) is 110 Å². The Labute approximate surface area is 139 Å². The summed E-state index contributed by atoms with van der Waals surface area (Å²) in [6.45, 7) is 5.56. The highest BCUT2D eigenvalue weighted by molar-refractivity contribution is 4.82. The van der Waals surface area contributed by atoms with Crippen molar-refractivity contribution < 1.29 is 4.74 Å². The molecule has 0 unspecified atom stereocenters. The Morgan fingerprint density at radius 2 is 1.27 bits per heavy atom. The highest BCUT2D eigenvalue weighted by atomic mass is 16.5. The van der Waals surface area contributed by atoms with Crippen LogP contribution in [0.4, 0.5) is 0 Å². The molecule has 2 aliphatic carbocycles. The van der Waals surface area contributed by atoms with Gasteiger partial charge in [-0.1, -0.05) is 58.8 Å². The fraction of sp³-hybridized carbons (Fsp3) is 1.00. The third-order valence-electron chi connectivity index (χ3n) is 6.34. The highest BCUT2D eigenvalue weighted by Crippen LogP contribution is 2.41. The Kier molecular flexibility index (Phi) is 8.89. The quantitative estimate of drug-likeness (QED) is 0.428. The van der Waals surface area contributed by atoms with Crippen LogP contribution in [0.25, 0.3) is 0 Å². The van der Waals surface area contributed by atoms with Crippen LogP contribution in [0, 0.1) is 17.8 Å². The molecule has 0 spiro atoms. The van der Waals surface area contributed by atoms with E-state index < -0.39 is 0 Å². The van der Waals surface area contributed by atoms with E-state index in [2.05, 4.69) is 13.8 Å². The molecular formula is C21H40O. The van der Waals surface area contributed by atoms with Crippen LogP contribution in [0.15, 0.2) is 0 Å². The van der Waals surface area contributed by atoms with E-state index in [9.17, 15) is 0 Å². The summed E-state index contributed by atoms with van der Waals surface area (Å²) in [7, 11) is 0. The molecule has 0 N–H and O–H groups in total. The Morgan fingerprint density at radius 3 is 1.86 bits per heavy atom. The topological polar surface area (TPSA) is 9.23 Å². The monoisotopic (exact) mass is 308 g/mol. The van der Waals surface area contributed by atoms with Crippen LogP contribution < -0.4 is 0 Å². The Bertz CT molecular complexity index is 231. The van der Waals surface area contributed by atoms with Gasteiger partial charge in [0, 0.05) is 6.61 Å². The SMILES string of the molecule is CCCCC[C@H]1CC[C@H]([C@H]2CC[C@H](OCCCC)CC2)CC1. The minimum absolute atomic E-state index is 0.591. The van der Waals surface area contributed by atoms with Gasteiger partial charge in [-0.3, -0.25) is 0 Å². The third kappa shape index (κ3) is 6.22. The molecule has 130 valence electrons. The van der Waals surface area contributed by atoms with Gasteiger partial charge in [0.15, 0.2) is 0 Å². The molecule has 0 radical (unpaired) electrons. The van der Waals surface area contributed by atoms with E-state index in [0.717, 1.165) is 24.4 Å². The number of unbranched alkanes of at least 4 members (excludes halogenated alkanes) is 3. The number of ether oxygens (including phenoxy) is 1. The standard InChI is InChI=1S/C21H40O/c1-3-5-7-8-18-9-11-19(12-10-18)20-13-15-21(16-14-20)22-17-6-4-2/h18-21H,3-17H2,1-2H3/t18-,19-,20-,21-. The van der Waals surface area contributed by atoms with Crippen molar-refractivity contribution in [3.8, 4) is 0 Å². The smallest absolute Gasteiger partial charge is 0.0575 e. The van der Waals surface area contributed by atoms with Crippen LogP contribution in [0.1, 0.15) is 104 Å². The van der Waals surface area contributed by atoms with Crippen LogP contribution in [-0.4, -0.2) is 12.7 Å². The van der Waals surface area contributed by atoms with Gasteiger partial charge in [0.1, 0.15) is 0 Å². The van der Waals surface area contributed by atoms with E-state index >= 15 is 0 Å². The van der Waals surface area contributed by atoms with Gasteiger partial charge in [0.2, 0.25) is 0 Å². The summed E-state index contributed by atoms with van der Waals surface area (Å²) in [4.78, 5) is 0.